The minimum absolute atomic E-state index is 0.109. The van der Waals surface area contributed by atoms with Crippen molar-refractivity contribution in [1.29, 1.82) is 0 Å². The normalized spacial score (nSPS) is 13.1. The van der Waals surface area contributed by atoms with Crippen LogP contribution in [-0.2, 0) is 10.0 Å². The van der Waals surface area contributed by atoms with Gasteiger partial charge >= 0.3 is 0 Å². The summed E-state index contributed by atoms with van der Waals surface area (Å²) in [5.41, 5.74) is 6.85. The molecule has 0 heterocycles. The van der Waals surface area contributed by atoms with Crippen LogP contribution >= 0.6 is 0 Å². The van der Waals surface area contributed by atoms with Crippen molar-refractivity contribution in [1.82, 2.24) is 4.72 Å². The number of hydrogen-bond acceptors (Lipinski definition) is 3. The highest BCUT2D eigenvalue weighted by Crippen LogP contribution is 2.20. The lowest BCUT2D eigenvalue weighted by Crippen LogP contribution is -2.27. The van der Waals surface area contributed by atoms with Crippen molar-refractivity contribution < 1.29 is 8.42 Å². The van der Waals surface area contributed by atoms with Gasteiger partial charge in [0.05, 0.1) is 5.69 Å². The summed E-state index contributed by atoms with van der Waals surface area (Å²) in [7, 11) is -3.61. The summed E-state index contributed by atoms with van der Waals surface area (Å²) in [6.07, 6.45) is 0. The fraction of sp³-hybridized carbons (Fsp3) is 0.143. The topological polar surface area (TPSA) is 72.2 Å². The Labute approximate surface area is 113 Å². The molecule has 4 nitrogen and oxygen atoms in total. The number of hydrogen-bond donors (Lipinski definition) is 2. The number of sulfonamides is 1. The number of nitrogens with one attached hydrogen (secondary N) is 1. The maximum atomic E-state index is 12.2. The molecule has 0 saturated heterocycles. The molecule has 0 bridgehead atoms. The van der Waals surface area contributed by atoms with Gasteiger partial charge in [-0.3, -0.25) is 0 Å². The van der Waals surface area contributed by atoms with E-state index >= 15 is 0 Å². The molecule has 0 amide bonds. The number of nitrogens with two attached hydrogens (primary N) is 1. The van der Waals surface area contributed by atoms with Crippen LogP contribution < -0.4 is 10.5 Å². The average molecular weight is 276 g/mol. The van der Waals surface area contributed by atoms with Gasteiger partial charge in [0.25, 0.3) is 0 Å². The molecule has 3 N–H and O–H groups in total. The SMILES string of the molecule is C[C@H](NS(=O)(=O)c1ccccc1N)c1ccccc1. The number of para-hydroxylation sites is 1. The minimum atomic E-state index is -3.61. The van der Waals surface area contributed by atoms with E-state index in [2.05, 4.69) is 4.72 Å². The molecule has 0 aliphatic rings. The summed E-state index contributed by atoms with van der Waals surface area (Å²) in [6.45, 7) is 1.80. The molecule has 0 saturated carbocycles. The average Bonchev–Trinajstić information content (AvgIpc) is 2.39. The quantitative estimate of drug-likeness (QED) is 0.842. The lowest BCUT2D eigenvalue weighted by molar-refractivity contribution is 0.567. The molecule has 0 aliphatic heterocycles. The lowest BCUT2D eigenvalue weighted by Gasteiger charge is -2.15. The highest BCUT2D eigenvalue weighted by molar-refractivity contribution is 7.89. The van der Waals surface area contributed by atoms with Crippen LogP contribution in [0.15, 0.2) is 59.5 Å². The van der Waals surface area contributed by atoms with Crippen molar-refractivity contribution in [3.05, 3.63) is 60.2 Å². The summed E-state index contributed by atoms with van der Waals surface area (Å²) >= 11 is 0. The summed E-state index contributed by atoms with van der Waals surface area (Å²) in [5, 5.41) is 0. The Bertz CT molecular complexity index is 654. The third-order valence-corrected chi connectivity index (χ3v) is 4.45. The molecule has 0 spiro atoms. The Morgan fingerprint density at radius 2 is 1.58 bits per heavy atom. The number of rotatable bonds is 4. The van der Waals surface area contributed by atoms with Crippen LogP contribution in [0.5, 0.6) is 0 Å². The second kappa shape index (κ2) is 5.42. The maximum Gasteiger partial charge on any atom is 0.243 e. The van der Waals surface area contributed by atoms with Crippen molar-refractivity contribution in [2.24, 2.45) is 0 Å². The molecule has 0 unspecified atom stereocenters. The van der Waals surface area contributed by atoms with Crippen LogP contribution in [0.1, 0.15) is 18.5 Å². The van der Waals surface area contributed by atoms with Gasteiger partial charge in [-0.25, -0.2) is 13.1 Å². The zero-order valence-corrected chi connectivity index (χ0v) is 11.4. The molecule has 19 heavy (non-hydrogen) atoms. The third kappa shape index (κ3) is 3.13. The molecule has 0 aromatic heterocycles. The van der Waals surface area contributed by atoms with E-state index in [1.54, 1.807) is 25.1 Å². The van der Waals surface area contributed by atoms with E-state index < -0.39 is 10.0 Å². The van der Waals surface area contributed by atoms with Gasteiger partial charge in [-0.1, -0.05) is 42.5 Å². The molecule has 0 fully saturated rings. The van der Waals surface area contributed by atoms with Gasteiger partial charge in [-0.2, -0.15) is 0 Å². The van der Waals surface area contributed by atoms with Gasteiger partial charge in [-0.15, -0.1) is 0 Å². The zero-order chi connectivity index (χ0) is 13.9. The van der Waals surface area contributed by atoms with Crippen LogP contribution in [0.4, 0.5) is 5.69 Å². The van der Waals surface area contributed by atoms with Crippen molar-refractivity contribution in [3.63, 3.8) is 0 Å². The van der Waals surface area contributed by atoms with Crippen LogP contribution in [-0.4, -0.2) is 8.42 Å². The molecule has 2 aromatic carbocycles. The van der Waals surface area contributed by atoms with E-state index in [1.165, 1.54) is 6.07 Å². The number of anilines is 1. The van der Waals surface area contributed by atoms with Crippen molar-refractivity contribution >= 4 is 15.7 Å². The molecular weight excluding hydrogens is 260 g/mol. The molecule has 100 valence electrons. The predicted molar refractivity (Wildman–Crippen MR) is 76.0 cm³/mol. The maximum absolute atomic E-state index is 12.2. The monoisotopic (exact) mass is 276 g/mol. The Balaban J connectivity index is 2.26. The van der Waals surface area contributed by atoms with Crippen LogP contribution in [0.2, 0.25) is 0 Å². The van der Waals surface area contributed by atoms with E-state index in [-0.39, 0.29) is 16.6 Å². The molecule has 5 heteroatoms. The summed E-state index contributed by atoms with van der Waals surface area (Å²) < 4.78 is 27.1. The predicted octanol–water partition coefficient (Wildman–Crippen LogP) is 2.31. The van der Waals surface area contributed by atoms with Crippen molar-refractivity contribution in [3.8, 4) is 0 Å². The summed E-state index contributed by atoms with van der Waals surface area (Å²) in [6, 6.07) is 15.5. The first-order valence-corrected chi connectivity index (χ1v) is 7.41. The first-order valence-electron chi connectivity index (χ1n) is 5.92. The van der Waals surface area contributed by atoms with E-state index in [1.807, 2.05) is 30.3 Å². The van der Waals surface area contributed by atoms with Gasteiger partial charge in [-0.05, 0) is 24.6 Å². The molecular formula is C14H16N2O2S. The smallest absolute Gasteiger partial charge is 0.243 e. The third-order valence-electron chi connectivity index (χ3n) is 2.84. The summed E-state index contributed by atoms with van der Waals surface area (Å²) in [4.78, 5) is 0.109. The van der Waals surface area contributed by atoms with Gasteiger partial charge in [0, 0.05) is 6.04 Å². The number of benzene rings is 2. The van der Waals surface area contributed by atoms with E-state index in [4.69, 9.17) is 5.73 Å². The molecule has 2 rings (SSSR count). The van der Waals surface area contributed by atoms with Gasteiger partial charge < -0.3 is 5.73 Å². The van der Waals surface area contributed by atoms with Crippen molar-refractivity contribution in [2.45, 2.75) is 17.9 Å². The van der Waals surface area contributed by atoms with Gasteiger partial charge in [0.15, 0.2) is 0 Å². The van der Waals surface area contributed by atoms with Crippen LogP contribution in [0.25, 0.3) is 0 Å². The first kappa shape index (κ1) is 13.6. The van der Waals surface area contributed by atoms with Crippen molar-refractivity contribution in [2.75, 3.05) is 5.73 Å². The molecule has 2 aromatic rings. The Morgan fingerprint density at radius 3 is 2.21 bits per heavy atom. The fourth-order valence-electron chi connectivity index (χ4n) is 1.83. The standard InChI is InChI=1S/C14H16N2O2S/c1-11(12-7-3-2-4-8-12)16-19(17,18)14-10-6-5-9-13(14)15/h2-11,16H,15H2,1H3/t11-/m0/s1. The Morgan fingerprint density at radius 1 is 1.00 bits per heavy atom. The Kier molecular flexibility index (Phi) is 3.87. The lowest BCUT2D eigenvalue weighted by atomic mass is 10.1. The van der Waals surface area contributed by atoms with Crippen LogP contribution in [0.3, 0.4) is 0 Å². The van der Waals surface area contributed by atoms with Gasteiger partial charge in [0.1, 0.15) is 4.90 Å². The minimum Gasteiger partial charge on any atom is -0.398 e. The molecule has 1 atom stereocenters. The largest absolute Gasteiger partial charge is 0.398 e. The second-order valence-corrected chi connectivity index (χ2v) is 5.97. The fourth-order valence-corrected chi connectivity index (χ4v) is 3.20. The molecule has 0 aliphatic carbocycles. The number of nitrogen functional groups attached to an aromatic ring is 1. The summed E-state index contributed by atoms with van der Waals surface area (Å²) in [5.74, 6) is 0. The van der Waals surface area contributed by atoms with E-state index in [0.717, 1.165) is 5.56 Å². The first-order chi connectivity index (χ1) is 9.00. The highest BCUT2D eigenvalue weighted by Gasteiger charge is 2.20. The zero-order valence-electron chi connectivity index (χ0n) is 10.6. The van der Waals surface area contributed by atoms with E-state index in [0.29, 0.717) is 0 Å². The highest BCUT2D eigenvalue weighted by atomic mass is 32.2. The van der Waals surface area contributed by atoms with Gasteiger partial charge in [0.2, 0.25) is 10.0 Å². The van der Waals surface area contributed by atoms with Crippen LogP contribution in [0, 0.1) is 0 Å². The van der Waals surface area contributed by atoms with E-state index in [9.17, 15) is 8.42 Å². The second-order valence-electron chi connectivity index (χ2n) is 4.29. The molecule has 0 radical (unpaired) electrons. The Hall–Kier alpha value is -1.85.